The Morgan fingerprint density at radius 2 is 2.15 bits per heavy atom. The quantitative estimate of drug-likeness (QED) is 0.718. The number of methoxy groups -OCH3 is 1. The van der Waals surface area contributed by atoms with E-state index in [2.05, 4.69) is 6.07 Å². The lowest BCUT2D eigenvalue weighted by Crippen LogP contribution is -2.35. The molecule has 0 spiro atoms. The van der Waals surface area contributed by atoms with Crippen molar-refractivity contribution in [2.45, 2.75) is 37.7 Å². The third-order valence-corrected chi connectivity index (χ3v) is 3.08. The first-order valence-corrected chi connectivity index (χ1v) is 4.93. The monoisotopic (exact) mass is 182 g/mol. The van der Waals surface area contributed by atoms with Crippen LogP contribution in [0.4, 0.5) is 0 Å². The van der Waals surface area contributed by atoms with Crippen LogP contribution in [0.15, 0.2) is 0 Å². The summed E-state index contributed by atoms with van der Waals surface area (Å²) in [5, 5.41) is 8.96. The zero-order chi connectivity index (χ0) is 9.73. The second-order valence-corrected chi connectivity index (χ2v) is 3.83. The largest absolute Gasteiger partial charge is 0.363 e. The number of nitrogens with two attached hydrogens (primary N) is 1. The maximum Gasteiger partial charge on any atom is 0.153 e. The molecule has 0 saturated heterocycles. The summed E-state index contributed by atoms with van der Waals surface area (Å²) < 4.78 is 5.26. The molecule has 74 valence electrons. The van der Waals surface area contributed by atoms with E-state index in [0.29, 0.717) is 5.92 Å². The van der Waals surface area contributed by atoms with Gasteiger partial charge in [0.25, 0.3) is 0 Å². The fourth-order valence-corrected chi connectivity index (χ4v) is 2.03. The average Bonchev–Trinajstić information content (AvgIpc) is 2.20. The second-order valence-electron chi connectivity index (χ2n) is 3.83. The maximum absolute atomic E-state index is 8.96. The van der Waals surface area contributed by atoms with Gasteiger partial charge in [0.15, 0.2) is 5.60 Å². The maximum atomic E-state index is 8.96. The Morgan fingerprint density at radius 1 is 1.54 bits per heavy atom. The summed E-state index contributed by atoms with van der Waals surface area (Å²) in [4.78, 5) is 0. The molecule has 0 aliphatic heterocycles. The summed E-state index contributed by atoms with van der Waals surface area (Å²) in [7, 11) is 1.63. The topological polar surface area (TPSA) is 59.0 Å². The van der Waals surface area contributed by atoms with Crippen molar-refractivity contribution < 1.29 is 4.74 Å². The van der Waals surface area contributed by atoms with Crippen molar-refractivity contribution in [3.63, 3.8) is 0 Å². The molecule has 0 aromatic carbocycles. The van der Waals surface area contributed by atoms with Crippen molar-refractivity contribution in [3.05, 3.63) is 0 Å². The highest BCUT2D eigenvalue weighted by atomic mass is 16.5. The molecule has 0 unspecified atom stereocenters. The molecule has 1 fully saturated rings. The number of ether oxygens (including phenoxy) is 1. The lowest BCUT2D eigenvalue weighted by atomic mass is 9.78. The van der Waals surface area contributed by atoms with Crippen LogP contribution in [-0.4, -0.2) is 19.3 Å². The molecule has 3 heteroatoms. The van der Waals surface area contributed by atoms with Gasteiger partial charge in [0, 0.05) is 7.11 Å². The third-order valence-electron chi connectivity index (χ3n) is 3.08. The van der Waals surface area contributed by atoms with Crippen LogP contribution >= 0.6 is 0 Å². The van der Waals surface area contributed by atoms with E-state index in [4.69, 9.17) is 15.7 Å². The fraction of sp³-hybridized carbons (Fsp3) is 0.900. The summed E-state index contributed by atoms with van der Waals surface area (Å²) in [5.41, 5.74) is 5.00. The van der Waals surface area contributed by atoms with Crippen LogP contribution in [0.2, 0.25) is 0 Å². The van der Waals surface area contributed by atoms with E-state index < -0.39 is 5.60 Å². The Balaban J connectivity index is 2.42. The summed E-state index contributed by atoms with van der Waals surface area (Å²) in [6.45, 7) is 0.761. The van der Waals surface area contributed by atoms with Gasteiger partial charge in [-0.25, -0.2) is 0 Å². The molecular formula is C10H18N2O. The minimum Gasteiger partial charge on any atom is -0.363 e. The molecule has 2 N–H and O–H groups in total. The van der Waals surface area contributed by atoms with Crippen molar-refractivity contribution in [1.29, 1.82) is 5.26 Å². The smallest absolute Gasteiger partial charge is 0.153 e. The summed E-state index contributed by atoms with van der Waals surface area (Å²) in [6, 6.07) is 2.28. The second kappa shape index (κ2) is 4.59. The molecule has 3 nitrogen and oxygen atoms in total. The highest BCUT2D eigenvalue weighted by molar-refractivity contribution is 5.04. The molecule has 0 aromatic heterocycles. The van der Waals surface area contributed by atoms with Gasteiger partial charge < -0.3 is 10.5 Å². The van der Waals surface area contributed by atoms with Gasteiger partial charge >= 0.3 is 0 Å². The van der Waals surface area contributed by atoms with Crippen molar-refractivity contribution in [3.8, 4) is 6.07 Å². The molecule has 0 radical (unpaired) electrons. The van der Waals surface area contributed by atoms with Crippen molar-refractivity contribution in [2.24, 2.45) is 11.7 Å². The van der Waals surface area contributed by atoms with Gasteiger partial charge in [-0.05, 0) is 44.6 Å². The Labute approximate surface area is 79.9 Å². The average molecular weight is 182 g/mol. The normalized spacial score (nSPS) is 34.1. The van der Waals surface area contributed by atoms with E-state index in [9.17, 15) is 0 Å². The van der Waals surface area contributed by atoms with Crippen LogP contribution in [0.25, 0.3) is 0 Å². The zero-order valence-electron chi connectivity index (χ0n) is 8.25. The number of nitrogens with zero attached hydrogens (tertiary/aromatic N) is 1. The van der Waals surface area contributed by atoms with Crippen LogP contribution in [0.1, 0.15) is 32.1 Å². The van der Waals surface area contributed by atoms with Crippen LogP contribution in [0.5, 0.6) is 0 Å². The first-order valence-electron chi connectivity index (χ1n) is 4.93. The number of hydrogen-bond acceptors (Lipinski definition) is 3. The van der Waals surface area contributed by atoms with Crippen LogP contribution in [0.3, 0.4) is 0 Å². The van der Waals surface area contributed by atoms with Gasteiger partial charge in [-0.3, -0.25) is 0 Å². The number of hydrogen-bond donors (Lipinski definition) is 1. The predicted molar refractivity (Wildman–Crippen MR) is 51.0 cm³/mol. The van der Waals surface area contributed by atoms with E-state index in [1.54, 1.807) is 7.11 Å². The van der Waals surface area contributed by atoms with E-state index in [1.165, 1.54) is 0 Å². The molecule has 0 aromatic rings. The SMILES string of the molecule is COC1(C#N)CCC(CCN)CC1. The first-order chi connectivity index (χ1) is 6.26. The highest BCUT2D eigenvalue weighted by Crippen LogP contribution is 2.35. The highest BCUT2D eigenvalue weighted by Gasteiger charge is 2.34. The molecule has 1 saturated carbocycles. The van der Waals surface area contributed by atoms with Gasteiger partial charge in [0.1, 0.15) is 0 Å². The molecule has 13 heavy (non-hydrogen) atoms. The molecule has 1 rings (SSSR count). The Bertz CT molecular complexity index is 190. The summed E-state index contributed by atoms with van der Waals surface area (Å²) >= 11 is 0. The summed E-state index contributed by atoms with van der Waals surface area (Å²) in [6.07, 6.45) is 4.98. The molecule has 1 aliphatic rings. The minimum absolute atomic E-state index is 0.495. The van der Waals surface area contributed by atoms with E-state index >= 15 is 0 Å². The van der Waals surface area contributed by atoms with Gasteiger partial charge in [-0.1, -0.05) is 0 Å². The predicted octanol–water partition coefficient (Wildman–Crippen LogP) is 1.43. The Hall–Kier alpha value is -0.590. The van der Waals surface area contributed by atoms with Gasteiger partial charge in [0.2, 0.25) is 0 Å². The molecule has 0 amide bonds. The molecule has 0 bridgehead atoms. The van der Waals surface area contributed by atoms with Crippen molar-refractivity contribution in [2.75, 3.05) is 13.7 Å². The van der Waals surface area contributed by atoms with Crippen molar-refractivity contribution >= 4 is 0 Å². The van der Waals surface area contributed by atoms with Gasteiger partial charge in [-0.2, -0.15) is 5.26 Å². The molecule has 0 atom stereocenters. The Morgan fingerprint density at radius 3 is 2.54 bits per heavy atom. The number of rotatable bonds is 3. The molecular weight excluding hydrogens is 164 g/mol. The molecule has 0 heterocycles. The van der Waals surface area contributed by atoms with E-state index in [1.807, 2.05) is 0 Å². The third kappa shape index (κ3) is 2.43. The lowest BCUT2D eigenvalue weighted by Gasteiger charge is -2.33. The number of nitriles is 1. The minimum atomic E-state index is -0.495. The van der Waals surface area contributed by atoms with Gasteiger partial charge in [-0.15, -0.1) is 0 Å². The van der Waals surface area contributed by atoms with Crippen LogP contribution in [0, 0.1) is 17.2 Å². The van der Waals surface area contributed by atoms with Crippen molar-refractivity contribution in [1.82, 2.24) is 0 Å². The summed E-state index contributed by atoms with van der Waals surface area (Å²) in [5.74, 6) is 0.710. The lowest BCUT2D eigenvalue weighted by molar-refractivity contribution is -0.00368. The Kier molecular flexibility index (Phi) is 3.71. The zero-order valence-corrected chi connectivity index (χ0v) is 8.25. The van der Waals surface area contributed by atoms with Gasteiger partial charge in [0.05, 0.1) is 6.07 Å². The standard InChI is InChI=1S/C10H18N2O/c1-13-10(8-12)5-2-9(3-6-10)4-7-11/h9H,2-7,11H2,1H3. The first kappa shape index (κ1) is 10.5. The van der Waals surface area contributed by atoms with E-state index in [-0.39, 0.29) is 0 Å². The fourth-order valence-electron chi connectivity index (χ4n) is 2.03. The van der Waals surface area contributed by atoms with Crippen LogP contribution < -0.4 is 5.73 Å². The van der Waals surface area contributed by atoms with E-state index in [0.717, 1.165) is 38.6 Å². The molecule has 1 aliphatic carbocycles. The van der Waals surface area contributed by atoms with Crippen LogP contribution in [-0.2, 0) is 4.74 Å².